The third-order valence-corrected chi connectivity index (χ3v) is 4.29. The van der Waals surface area contributed by atoms with E-state index in [0.29, 0.717) is 11.3 Å². The maximum absolute atomic E-state index is 12.1. The summed E-state index contributed by atoms with van der Waals surface area (Å²) in [6.45, 7) is 1.11. The minimum atomic E-state index is -0.689. The van der Waals surface area contributed by atoms with Crippen LogP contribution in [0.3, 0.4) is 0 Å². The van der Waals surface area contributed by atoms with E-state index >= 15 is 0 Å². The zero-order chi connectivity index (χ0) is 22.4. The second-order valence-corrected chi connectivity index (χ2v) is 6.48. The van der Waals surface area contributed by atoms with Gasteiger partial charge in [0.15, 0.2) is 0 Å². The third kappa shape index (κ3) is 5.29. The topological polar surface area (TPSA) is 159 Å². The van der Waals surface area contributed by atoms with Gasteiger partial charge in [-0.15, -0.1) is 0 Å². The lowest BCUT2D eigenvalue weighted by Crippen LogP contribution is -2.46. The Kier molecular flexibility index (Phi) is 6.36. The van der Waals surface area contributed by atoms with Crippen LogP contribution in [0.2, 0.25) is 0 Å². The number of nitro groups is 1. The fraction of sp³-hybridized carbons (Fsp3) is 0.100. The van der Waals surface area contributed by atoms with Crippen molar-refractivity contribution in [3.63, 3.8) is 0 Å². The van der Waals surface area contributed by atoms with E-state index in [-0.39, 0.29) is 16.9 Å². The predicted molar refractivity (Wildman–Crippen MR) is 110 cm³/mol. The third-order valence-electron chi connectivity index (χ3n) is 4.29. The lowest BCUT2D eigenvalue weighted by atomic mass is 10.1. The number of aromatic nitrogens is 2. The van der Waals surface area contributed by atoms with Crippen LogP contribution < -0.4 is 16.2 Å². The van der Waals surface area contributed by atoms with Gasteiger partial charge in [-0.1, -0.05) is 36.4 Å². The van der Waals surface area contributed by atoms with Crippen molar-refractivity contribution >= 4 is 23.4 Å². The van der Waals surface area contributed by atoms with Crippen molar-refractivity contribution in [1.29, 1.82) is 0 Å². The van der Waals surface area contributed by atoms with Crippen LogP contribution in [0.15, 0.2) is 54.6 Å². The monoisotopic (exact) mass is 422 g/mol. The zero-order valence-electron chi connectivity index (χ0n) is 16.3. The van der Waals surface area contributed by atoms with Crippen molar-refractivity contribution in [2.75, 3.05) is 6.54 Å². The quantitative estimate of drug-likeness (QED) is 0.348. The number of carbonyl (C=O) groups excluding carboxylic acids is 3. The fourth-order valence-corrected chi connectivity index (χ4v) is 2.64. The Morgan fingerprint density at radius 2 is 1.77 bits per heavy atom. The second-order valence-electron chi connectivity index (χ2n) is 6.48. The highest BCUT2D eigenvalue weighted by atomic mass is 16.6. The van der Waals surface area contributed by atoms with Crippen molar-refractivity contribution in [3.05, 3.63) is 81.5 Å². The van der Waals surface area contributed by atoms with Crippen LogP contribution in [0.25, 0.3) is 11.3 Å². The van der Waals surface area contributed by atoms with Crippen LogP contribution in [-0.2, 0) is 4.79 Å². The molecule has 1 aromatic heterocycles. The molecule has 11 nitrogen and oxygen atoms in total. The van der Waals surface area contributed by atoms with Gasteiger partial charge in [-0.25, -0.2) is 0 Å². The highest BCUT2D eigenvalue weighted by Gasteiger charge is 2.16. The average molecular weight is 422 g/mol. The summed E-state index contributed by atoms with van der Waals surface area (Å²) in [7, 11) is 0. The largest absolute Gasteiger partial charge is 0.343 e. The second kappa shape index (κ2) is 9.31. The number of nitrogens with one attached hydrogen (secondary N) is 4. The highest BCUT2D eigenvalue weighted by molar-refractivity contribution is 5.98. The molecule has 2 aromatic carbocycles. The van der Waals surface area contributed by atoms with Crippen molar-refractivity contribution in [2.24, 2.45) is 0 Å². The molecule has 3 aromatic rings. The van der Waals surface area contributed by atoms with E-state index in [0.717, 1.165) is 11.6 Å². The molecule has 158 valence electrons. The van der Waals surface area contributed by atoms with Crippen LogP contribution in [0.1, 0.15) is 26.4 Å². The Morgan fingerprint density at radius 3 is 2.48 bits per heavy atom. The lowest BCUT2D eigenvalue weighted by Gasteiger charge is -2.08. The molecule has 0 saturated carbocycles. The molecule has 0 fully saturated rings. The van der Waals surface area contributed by atoms with Gasteiger partial charge in [-0.05, 0) is 19.1 Å². The summed E-state index contributed by atoms with van der Waals surface area (Å²) in [5, 5.41) is 19.9. The number of nitrogens with zero attached hydrogens (tertiary/aromatic N) is 2. The van der Waals surface area contributed by atoms with Crippen molar-refractivity contribution in [3.8, 4) is 11.3 Å². The first kappa shape index (κ1) is 21.2. The lowest BCUT2D eigenvalue weighted by molar-refractivity contribution is -0.385. The van der Waals surface area contributed by atoms with E-state index in [1.54, 1.807) is 6.92 Å². The molecule has 0 bridgehead atoms. The predicted octanol–water partition coefficient (Wildman–Crippen LogP) is 1.48. The summed E-state index contributed by atoms with van der Waals surface area (Å²) < 4.78 is 0. The van der Waals surface area contributed by atoms with Gasteiger partial charge in [-0.2, -0.15) is 5.10 Å². The number of aryl methyl sites for hydroxylation is 1. The molecule has 0 aliphatic rings. The Balaban J connectivity index is 1.50. The molecule has 4 N–H and O–H groups in total. The normalized spacial score (nSPS) is 10.2. The number of aromatic amines is 1. The molecule has 0 aliphatic carbocycles. The first-order valence-electron chi connectivity index (χ1n) is 9.08. The smallest absolute Gasteiger partial charge is 0.287 e. The van der Waals surface area contributed by atoms with Crippen LogP contribution in [0.4, 0.5) is 5.69 Å². The molecule has 11 heteroatoms. The van der Waals surface area contributed by atoms with Crippen LogP contribution >= 0.6 is 0 Å². The van der Waals surface area contributed by atoms with Gasteiger partial charge in [0.1, 0.15) is 5.69 Å². The number of H-pyrrole nitrogens is 1. The first-order valence-corrected chi connectivity index (χ1v) is 9.08. The summed E-state index contributed by atoms with van der Waals surface area (Å²) in [6, 6.07) is 14.7. The molecule has 3 rings (SSSR count). The molecule has 0 radical (unpaired) electrons. The molecule has 0 unspecified atom stereocenters. The molecule has 0 spiro atoms. The van der Waals surface area contributed by atoms with Crippen LogP contribution in [0.5, 0.6) is 0 Å². The molecule has 0 atom stereocenters. The number of amides is 3. The van der Waals surface area contributed by atoms with E-state index in [1.165, 1.54) is 18.2 Å². The standard InChI is InChI=1S/C20H18N6O5/c1-12-7-8-14(9-17(12)26(30)31)19(28)21-11-18(27)24-25-20(29)16-10-15(22-23-16)13-5-3-2-4-6-13/h2-10H,11H2,1H3,(H,21,28)(H,22,23)(H,24,27)(H,25,29). The summed E-state index contributed by atoms with van der Waals surface area (Å²) in [6.07, 6.45) is 0. The maximum atomic E-state index is 12.1. The van der Waals surface area contributed by atoms with Crippen LogP contribution in [-0.4, -0.2) is 39.4 Å². The highest BCUT2D eigenvalue weighted by Crippen LogP contribution is 2.19. The summed E-state index contributed by atoms with van der Waals surface area (Å²) in [4.78, 5) is 46.5. The number of hydrazine groups is 1. The van der Waals surface area contributed by atoms with Gasteiger partial charge < -0.3 is 5.32 Å². The Morgan fingerprint density at radius 1 is 1.03 bits per heavy atom. The fourth-order valence-electron chi connectivity index (χ4n) is 2.64. The molecule has 31 heavy (non-hydrogen) atoms. The molecule has 0 saturated heterocycles. The number of nitro benzene ring substituents is 1. The van der Waals surface area contributed by atoms with Gasteiger partial charge in [-0.3, -0.25) is 40.4 Å². The summed E-state index contributed by atoms with van der Waals surface area (Å²) >= 11 is 0. The van der Waals surface area contributed by atoms with E-state index in [4.69, 9.17) is 0 Å². The van der Waals surface area contributed by atoms with E-state index in [1.807, 2.05) is 30.3 Å². The van der Waals surface area contributed by atoms with Gasteiger partial charge in [0.25, 0.3) is 23.4 Å². The van der Waals surface area contributed by atoms with Crippen molar-refractivity contribution in [1.82, 2.24) is 26.4 Å². The van der Waals surface area contributed by atoms with E-state index in [2.05, 4.69) is 26.4 Å². The zero-order valence-corrected chi connectivity index (χ0v) is 16.3. The molecular weight excluding hydrogens is 404 g/mol. The Bertz CT molecular complexity index is 1140. The minimum Gasteiger partial charge on any atom is -0.343 e. The van der Waals surface area contributed by atoms with Crippen molar-refractivity contribution < 1.29 is 19.3 Å². The molecule has 0 aliphatic heterocycles. The molecular formula is C20H18N6O5. The van der Waals surface area contributed by atoms with Gasteiger partial charge in [0.05, 0.1) is 17.2 Å². The number of carbonyl (C=O) groups is 3. The average Bonchev–Trinajstić information content (AvgIpc) is 3.27. The number of hydrogen-bond donors (Lipinski definition) is 4. The summed E-state index contributed by atoms with van der Waals surface area (Å²) in [5.74, 6) is -1.97. The molecule has 3 amide bonds. The van der Waals surface area contributed by atoms with Crippen LogP contribution in [0, 0.1) is 17.0 Å². The maximum Gasteiger partial charge on any atom is 0.287 e. The SMILES string of the molecule is Cc1ccc(C(=O)NCC(=O)NNC(=O)c2cc(-c3ccccc3)n[nH]2)cc1[N+](=O)[O-]. The Labute approximate surface area is 176 Å². The molecule has 1 heterocycles. The summed E-state index contributed by atoms with van der Waals surface area (Å²) in [5.41, 5.74) is 6.15. The van der Waals surface area contributed by atoms with Gasteiger partial charge >= 0.3 is 0 Å². The van der Waals surface area contributed by atoms with E-state index in [9.17, 15) is 24.5 Å². The van der Waals surface area contributed by atoms with E-state index < -0.39 is 29.2 Å². The number of rotatable bonds is 6. The van der Waals surface area contributed by atoms with Crippen molar-refractivity contribution in [2.45, 2.75) is 6.92 Å². The van der Waals surface area contributed by atoms with Gasteiger partial charge in [0.2, 0.25) is 0 Å². The minimum absolute atomic E-state index is 0.0417. The number of benzene rings is 2. The van der Waals surface area contributed by atoms with Gasteiger partial charge in [0, 0.05) is 22.8 Å². The Hall–Kier alpha value is -4.54. The first-order chi connectivity index (χ1) is 14.8. The number of hydrogen-bond acceptors (Lipinski definition) is 6.